The maximum atomic E-state index is 13.3. The van der Waals surface area contributed by atoms with Crippen LogP contribution in [0.4, 0.5) is 5.69 Å². The Hall–Kier alpha value is -2.29. The van der Waals surface area contributed by atoms with Crippen LogP contribution in [0.25, 0.3) is 0 Å². The molecule has 3 rings (SSSR count). The van der Waals surface area contributed by atoms with Gasteiger partial charge in [0.1, 0.15) is 16.4 Å². The Balaban J connectivity index is 1.81. The van der Waals surface area contributed by atoms with Gasteiger partial charge in [0.15, 0.2) is 0 Å². The van der Waals surface area contributed by atoms with Gasteiger partial charge in [-0.2, -0.15) is 4.31 Å². The van der Waals surface area contributed by atoms with Crippen LogP contribution in [-0.2, 0) is 14.8 Å². The summed E-state index contributed by atoms with van der Waals surface area (Å²) in [4.78, 5) is 13.0. The molecule has 0 bridgehead atoms. The Bertz CT molecular complexity index is 1040. The van der Waals surface area contributed by atoms with Crippen LogP contribution in [0.15, 0.2) is 41.3 Å². The SMILES string of the molecule is COc1ccc(Cl)cc1NC(=O)[C@H]1CCCN(S(=O)(=O)c2cc(C)ccc2OC)C1. The number of amides is 1. The van der Waals surface area contributed by atoms with Crippen molar-refractivity contribution in [1.82, 2.24) is 4.31 Å². The normalized spacial score (nSPS) is 17.4. The predicted octanol–water partition coefficient (Wildman–Crippen LogP) is 3.71. The van der Waals surface area contributed by atoms with Crippen LogP contribution in [0.5, 0.6) is 11.5 Å². The molecule has 0 saturated carbocycles. The number of methoxy groups -OCH3 is 2. The lowest BCUT2D eigenvalue weighted by Gasteiger charge is -2.31. The molecule has 1 heterocycles. The van der Waals surface area contributed by atoms with Crippen molar-refractivity contribution in [2.45, 2.75) is 24.7 Å². The van der Waals surface area contributed by atoms with Gasteiger partial charge in [0.05, 0.1) is 25.8 Å². The van der Waals surface area contributed by atoms with Gasteiger partial charge in [0.25, 0.3) is 0 Å². The zero-order valence-corrected chi connectivity index (χ0v) is 18.7. The van der Waals surface area contributed by atoms with Crippen molar-refractivity contribution in [2.75, 3.05) is 32.6 Å². The van der Waals surface area contributed by atoms with Gasteiger partial charge in [-0.3, -0.25) is 4.79 Å². The first-order valence-electron chi connectivity index (χ1n) is 9.55. The topological polar surface area (TPSA) is 84.9 Å². The van der Waals surface area contributed by atoms with Crippen molar-refractivity contribution >= 4 is 33.2 Å². The van der Waals surface area contributed by atoms with Crippen molar-refractivity contribution in [1.29, 1.82) is 0 Å². The Morgan fingerprint density at radius 1 is 1.13 bits per heavy atom. The summed E-state index contributed by atoms with van der Waals surface area (Å²) >= 11 is 6.03. The summed E-state index contributed by atoms with van der Waals surface area (Å²) in [7, 11) is -0.862. The van der Waals surface area contributed by atoms with Gasteiger partial charge in [-0.15, -0.1) is 0 Å². The number of ether oxygens (including phenoxy) is 2. The Labute approximate surface area is 182 Å². The molecule has 1 N–H and O–H groups in total. The molecule has 1 saturated heterocycles. The van der Waals surface area contributed by atoms with E-state index in [1.54, 1.807) is 36.4 Å². The molecule has 30 heavy (non-hydrogen) atoms. The number of rotatable bonds is 6. The summed E-state index contributed by atoms with van der Waals surface area (Å²) in [6, 6.07) is 9.96. The largest absolute Gasteiger partial charge is 0.495 e. The van der Waals surface area contributed by atoms with Gasteiger partial charge < -0.3 is 14.8 Å². The number of hydrogen-bond acceptors (Lipinski definition) is 5. The molecule has 1 amide bonds. The molecule has 7 nitrogen and oxygen atoms in total. The van der Waals surface area contributed by atoms with Crippen molar-refractivity contribution < 1.29 is 22.7 Å². The average Bonchev–Trinajstić information content (AvgIpc) is 2.74. The third-order valence-corrected chi connectivity index (χ3v) is 7.23. The summed E-state index contributed by atoms with van der Waals surface area (Å²) in [6.07, 6.45) is 1.17. The molecule has 0 aliphatic carbocycles. The lowest BCUT2D eigenvalue weighted by molar-refractivity contribution is -0.120. The first kappa shape index (κ1) is 22.4. The van der Waals surface area contributed by atoms with E-state index in [2.05, 4.69) is 5.32 Å². The second kappa shape index (κ2) is 9.24. The van der Waals surface area contributed by atoms with Gasteiger partial charge in [0.2, 0.25) is 15.9 Å². The van der Waals surface area contributed by atoms with E-state index in [9.17, 15) is 13.2 Å². The minimum Gasteiger partial charge on any atom is -0.495 e. The number of nitrogens with zero attached hydrogens (tertiary/aromatic N) is 1. The molecule has 2 aromatic carbocycles. The zero-order chi connectivity index (χ0) is 21.9. The van der Waals surface area contributed by atoms with Gasteiger partial charge >= 0.3 is 0 Å². The number of anilines is 1. The van der Waals surface area contributed by atoms with E-state index >= 15 is 0 Å². The molecule has 1 aliphatic rings. The number of carbonyl (C=O) groups is 1. The number of benzene rings is 2. The molecule has 2 aromatic rings. The first-order valence-corrected chi connectivity index (χ1v) is 11.4. The molecule has 0 spiro atoms. The second-order valence-electron chi connectivity index (χ2n) is 7.19. The predicted molar refractivity (Wildman–Crippen MR) is 116 cm³/mol. The Morgan fingerprint density at radius 3 is 2.53 bits per heavy atom. The summed E-state index contributed by atoms with van der Waals surface area (Å²) in [5, 5.41) is 3.28. The molecule has 0 aromatic heterocycles. The molecular weight excluding hydrogens is 428 g/mol. The van der Waals surface area contributed by atoms with E-state index in [0.717, 1.165) is 5.56 Å². The lowest BCUT2D eigenvalue weighted by atomic mass is 9.98. The summed E-state index contributed by atoms with van der Waals surface area (Å²) in [6.45, 7) is 2.27. The lowest BCUT2D eigenvalue weighted by Crippen LogP contribution is -2.43. The van der Waals surface area contributed by atoms with E-state index in [1.165, 1.54) is 18.5 Å². The molecule has 162 valence electrons. The zero-order valence-electron chi connectivity index (χ0n) is 17.1. The smallest absolute Gasteiger partial charge is 0.246 e. The monoisotopic (exact) mass is 452 g/mol. The molecule has 1 fully saturated rings. The van der Waals surface area contributed by atoms with E-state index in [4.69, 9.17) is 21.1 Å². The van der Waals surface area contributed by atoms with Crippen LogP contribution < -0.4 is 14.8 Å². The maximum absolute atomic E-state index is 13.3. The van der Waals surface area contributed by atoms with Crippen LogP contribution in [0.2, 0.25) is 5.02 Å². The van der Waals surface area contributed by atoms with Crippen molar-refractivity contribution in [3.05, 3.63) is 47.0 Å². The fraction of sp³-hybridized carbons (Fsp3) is 0.381. The minimum atomic E-state index is -3.80. The molecule has 1 atom stereocenters. The standard InChI is InChI=1S/C21H25ClN2O5S/c1-14-6-8-19(29-3)20(11-14)30(26,27)24-10-4-5-15(13-24)21(25)23-17-12-16(22)7-9-18(17)28-2/h6-9,11-12,15H,4-5,10,13H2,1-3H3,(H,23,25)/t15-/m0/s1. The highest BCUT2D eigenvalue weighted by Crippen LogP contribution is 2.32. The van der Waals surface area contributed by atoms with Crippen LogP contribution in [-0.4, -0.2) is 45.9 Å². The fourth-order valence-electron chi connectivity index (χ4n) is 3.51. The van der Waals surface area contributed by atoms with Crippen molar-refractivity contribution in [3.63, 3.8) is 0 Å². The third-order valence-electron chi connectivity index (χ3n) is 5.11. The number of halogens is 1. The second-order valence-corrected chi connectivity index (χ2v) is 9.53. The van der Waals surface area contributed by atoms with Gasteiger partial charge in [-0.05, 0) is 55.7 Å². The van der Waals surface area contributed by atoms with E-state index in [1.807, 2.05) is 6.92 Å². The number of carbonyl (C=O) groups excluding carboxylic acids is 1. The van der Waals surface area contributed by atoms with Crippen molar-refractivity contribution in [3.8, 4) is 11.5 Å². The Kier molecular flexibility index (Phi) is 6.90. The van der Waals surface area contributed by atoms with Gasteiger partial charge in [-0.1, -0.05) is 17.7 Å². The van der Waals surface area contributed by atoms with Crippen LogP contribution in [0.1, 0.15) is 18.4 Å². The third kappa shape index (κ3) is 4.71. The summed E-state index contributed by atoms with van der Waals surface area (Å²) in [5.41, 5.74) is 1.27. The highest BCUT2D eigenvalue weighted by molar-refractivity contribution is 7.89. The molecular formula is C21H25ClN2O5S. The number of hydrogen-bond donors (Lipinski definition) is 1. The van der Waals surface area contributed by atoms with E-state index in [-0.39, 0.29) is 23.1 Å². The average molecular weight is 453 g/mol. The highest BCUT2D eigenvalue weighted by Gasteiger charge is 2.35. The molecule has 9 heteroatoms. The quantitative estimate of drug-likeness (QED) is 0.722. The molecule has 0 radical (unpaired) electrons. The number of aryl methyl sites for hydroxylation is 1. The summed E-state index contributed by atoms with van der Waals surface area (Å²) < 4.78 is 38.4. The fourth-order valence-corrected chi connectivity index (χ4v) is 5.45. The number of nitrogens with one attached hydrogen (secondary N) is 1. The summed E-state index contributed by atoms with van der Waals surface area (Å²) in [5.74, 6) is 0.00747. The number of sulfonamides is 1. The van der Waals surface area contributed by atoms with Crippen LogP contribution in [0.3, 0.4) is 0 Å². The Morgan fingerprint density at radius 2 is 1.83 bits per heavy atom. The van der Waals surface area contributed by atoms with Crippen LogP contribution in [0, 0.1) is 12.8 Å². The van der Waals surface area contributed by atoms with Crippen molar-refractivity contribution in [2.24, 2.45) is 5.92 Å². The minimum absolute atomic E-state index is 0.0914. The highest BCUT2D eigenvalue weighted by atomic mass is 35.5. The van der Waals surface area contributed by atoms with E-state index in [0.29, 0.717) is 35.8 Å². The molecule has 1 aliphatic heterocycles. The van der Waals surface area contributed by atoms with Gasteiger partial charge in [-0.25, -0.2) is 8.42 Å². The van der Waals surface area contributed by atoms with E-state index < -0.39 is 15.9 Å². The maximum Gasteiger partial charge on any atom is 0.246 e. The first-order chi connectivity index (χ1) is 14.3. The van der Waals surface area contributed by atoms with Gasteiger partial charge in [0, 0.05) is 18.1 Å². The number of piperidine rings is 1. The van der Waals surface area contributed by atoms with Crippen LogP contribution >= 0.6 is 11.6 Å². The molecule has 0 unspecified atom stereocenters.